The fourth-order valence-electron chi connectivity index (χ4n) is 2.05. The minimum Gasteiger partial charge on any atom is -0.388 e. The molecule has 0 aliphatic rings. The molecule has 4 heteroatoms. The lowest BCUT2D eigenvalue weighted by Gasteiger charge is -2.21. The van der Waals surface area contributed by atoms with Gasteiger partial charge in [0.2, 0.25) is 0 Å². The molecule has 0 fully saturated rings. The Morgan fingerprint density at radius 1 is 1.11 bits per heavy atom. The highest BCUT2D eigenvalue weighted by Crippen LogP contribution is 2.19. The third kappa shape index (κ3) is 5.66. The number of nitrogens with zero attached hydrogens (tertiary/aromatic N) is 1. The van der Waals surface area contributed by atoms with Gasteiger partial charge in [0.1, 0.15) is 11.6 Å². The number of hydrogen-bond acceptors (Lipinski definition) is 2. The molecule has 0 amide bonds. The van der Waals surface area contributed by atoms with Crippen molar-refractivity contribution >= 4 is 0 Å². The molecule has 108 valence electrons. The first kappa shape index (κ1) is 16.1. The first-order valence-electron chi connectivity index (χ1n) is 6.93. The summed E-state index contributed by atoms with van der Waals surface area (Å²) in [6.07, 6.45) is 1.92. The second-order valence-corrected chi connectivity index (χ2v) is 4.80. The van der Waals surface area contributed by atoms with Gasteiger partial charge in [0.25, 0.3) is 0 Å². The lowest BCUT2D eigenvalue weighted by molar-refractivity contribution is 0.142. The van der Waals surface area contributed by atoms with Crippen molar-refractivity contribution in [3.05, 3.63) is 35.4 Å². The molecule has 0 aliphatic carbocycles. The van der Waals surface area contributed by atoms with Crippen LogP contribution in [0.2, 0.25) is 0 Å². The van der Waals surface area contributed by atoms with Crippen molar-refractivity contribution < 1.29 is 13.9 Å². The SMILES string of the molecule is CCCCN(CC)CCC(O)c1cc(F)cc(F)c1. The predicted octanol–water partition coefficient (Wildman–Crippen LogP) is 3.51. The minimum absolute atomic E-state index is 0.309. The van der Waals surface area contributed by atoms with Gasteiger partial charge >= 0.3 is 0 Å². The Bertz CT molecular complexity index is 364. The number of halogens is 2. The van der Waals surface area contributed by atoms with Gasteiger partial charge in [-0.1, -0.05) is 20.3 Å². The molecule has 0 aliphatic heterocycles. The molecule has 0 aromatic heterocycles. The monoisotopic (exact) mass is 271 g/mol. The van der Waals surface area contributed by atoms with Crippen LogP contribution in [-0.4, -0.2) is 29.6 Å². The van der Waals surface area contributed by atoms with Gasteiger partial charge in [-0.15, -0.1) is 0 Å². The predicted molar refractivity (Wildman–Crippen MR) is 73.0 cm³/mol. The number of rotatable bonds is 8. The highest BCUT2D eigenvalue weighted by atomic mass is 19.1. The highest BCUT2D eigenvalue weighted by molar-refractivity contribution is 5.20. The molecule has 1 aromatic carbocycles. The lowest BCUT2D eigenvalue weighted by Crippen LogP contribution is -2.26. The van der Waals surface area contributed by atoms with E-state index in [0.29, 0.717) is 12.0 Å². The quantitative estimate of drug-likeness (QED) is 0.782. The zero-order chi connectivity index (χ0) is 14.3. The summed E-state index contributed by atoms with van der Waals surface area (Å²) in [6, 6.07) is 3.20. The fourth-order valence-corrected chi connectivity index (χ4v) is 2.05. The van der Waals surface area contributed by atoms with Crippen LogP contribution in [0.4, 0.5) is 8.78 Å². The Balaban J connectivity index is 2.51. The second kappa shape index (κ2) is 8.23. The molecular weight excluding hydrogens is 248 g/mol. The Morgan fingerprint density at radius 2 is 1.74 bits per heavy atom. The molecule has 0 spiro atoms. The van der Waals surface area contributed by atoms with E-state index in [4.69, 9.17) is 0 Å². The molecule has 1 rings (SSSR count). The van der Waals surface area contributed by atoms with Crippen LogP contribution in [-0.2, 0) is 0 Å². The minimum atomic E-state index is -0.819. The summed E-state index contributed by atoms with van der Waals surface area (Å²) in [6.45, 7) is 6.86. The first-order valence-corrected chi connectivity index (χ1v) is 6.93. The second-order valence-electron chi connectivity index (χ2n) is 4.80. The Morgan fingerprint density at radius 3 is 2.26 bits per heavy atom. The summed E-state index contributed by atoms with van der Waals surface area (Å²) in [4.78, 5) is 2.24. The average Bonchev–Trinajstić information content (AvgIpc) is 2.37. The van der Waals surface area contributed by atoms with Crippen molar-refractivity contribution in [2.45, 2.75) is 39.2 Å². The van der Waals surface area contributed by atoms with Crippen LogP contribution in [0.25, 0.3) is 0 Å². The topological polar surface area (TPSA) is 23.5 Å². The van der Waals surface area contributed by atoms with E-state index in [-0.39, 0.29) is 0 Å². The normalized spacial score (nSPS) is 12.9. The standard InChI is InChI=1S/C15H23F2NO/c1-3-5-7-18(4-2)8-6-15(19)12-9-13(16)11-14(17)10-12/h9-11,15,19H,3-8H2,1-2H3. The molecule has 0 bridgehead atoms. The van der Waals surface area contributed by atoms with Crippen molar-refractivity contribution in [3.8, 4) is 0 Å². The van der Waals surface area contributed by atoms with E-state index < -0.39 is 17.7 Å². The molecule has 2 nitrogen and oxygen atoms in total. The van der Waals surface area contributed by atoms with Crippen molar-refractivity contribution in [2.24, 2.45) is 0 Å². The van der Waals surface area contributed by atoms with Gasteiger partial charge in [0.05, 0.1) is 6.10 Å². The number of aliphatic hydroxyl groups excluding tert-OH is 1. The third-order valence-corrected chi connectivity index (χ3v) is 3.26. The molecule has 1 N–H and O–H groups in total. The van der Waals surface area contributed by atoms with Gasteiger partial charge < -0.3 is 10.0 Å². The fraction of sp³-hybridized carbons (Fsp3) is 0.600. The van der Waals surface area contributed by atoms with Crippen LogP contribution in [0.3, 0.4) is 0 Å². The van der Waals surface area contributed by atoms with E-state index in [1.165, 1.54) is 12.1 Å². The Labute approximate surface area is 114 Å². The zero-order valence-corrected chi connectivity index (χ0v) is 11.7. The van der Waals surface area contributed by atoms with Crippen LogP contribution in [0.15, 0.2) is 18.2 Å². The van der Waals surface area contributed by atoms with Crippen molar-refractivity contribution in [2.75, 3.05) is 19.6 Å². The third-order valence-electron chi connectivity index (χ3n) is 3.26. The number of unbranched alkanes of at least 4 members (excludes halogenated alkanes) is 1. The van der Waals surface area contributed by atoms with E-state index in [1.807, 2.05) is 0 Å². The molecule has 1 unspecified atom stereocenters. The van der Waals surface area contributed by atoms with Gasteiger partial charge in [-0.25, -0.2) is 8.78 Å². The van der Waals surface area contributed by atoms with Crippen LogP contribution in [0, 0.1) is 11.6 Å². The molecule has 1 atom stereocenters. The summed E-state index contributed by atoms with van der Waals surface area (Å²) in [7, 11) is 0. The summed E-state index contributed by atoms with van der Waals surface area (Å²) >= 11 is 0. The first-order chi connectivity index (χ1) is 9.06. The van der Waals surface area contributed by atoms with E-state index >= 15 is 0 Å². The van der Waals surface area contributed by atoms with Crippen LogP contribution in [0.5, 0.6) is 0 Å². The molecular formula is C15H23F2NO. The maximum absolute atomic E-state index is 13.1. The van der Waals surface area contributed by atoms with Crippen LogP contribution in [0.1, 0.15) is 44.8 Å². The summed E-state index contributed by atoms with van der Waals surface area (Å²) in [5.74, 6) is -1.29. The highest BCUT2D eigenvalue weighted by Gasteiger charge is 2.12. The smallest absolute Gasteiger partial charge is 0.126 e. The van der Waals surface area contributed by atoms with Crippen LogP contribution >= 0.6 is 0 Å². The van der Waals surface area contributed by atoms with Gasteiger partial charge in [0, 0.05) is 12.6 Å². The molecule has 0 heterocycles. The van der Waals surface area contributed by atoms with E-state index in [2.05, 4.69) is 18.7 Å². The molecule has 19 heavy (non-hydrogen) atoms. The number of benzene rings is 1. The number of aliphatic hydroxyl groups is 1. The maximum Gasteiger partial charge on any atom is 0.126 e. The van der Waals surface area contributed by atoms with Crippen LogP contribution < -0.4 is 0 Å². The van der Waals surface area contributed by atoms with Crippen molar-refractivity contribution in [3.63, 3.8) is 0 Å². The Hall–Kier alpha value is -1.00. The summed E-state index contributed by atoms with van der Waals surface area (Å²) in [5, 5.41) is 9.98. The summed E-state index contributed by atoms with van der Waals surface area (Å²) < 4.78 is 26.1. The van der Waals surface area contributed by atoms with Gasteiger partial charge in [-0.05, 0) is 43.6 Å². The largest absolute Gasteiger partial charge is 0.388 e. The summed E-state index contributed by atoms with van der Waals surface area (Å²) in [5.41, 5.74) is 0.309. The van der Waals surface area contributed by atoms with Crippen molar-refractivity contribution in [1.82, 2.24) is 4.90 Å². The van der Waals surface area contributed by atoms with E-state index in [9.17, 15) is 13.9 Å². The molecule has 0 radical (unpaired) electrons. The van der Waals surface area contributed by atoms with Gasteiger partial charge in [-0.3, -0.25) is 0 Å². The van der Waals surface area contributed by atoms with E-state index in [1.54, 1.807) is 0 Å². The molecule has 0 saturated heterocycles. The van der Waals surface area contributed by atoms with Crippen molar-refractivity contribution in [1.29, 1.82) is 0 Å². The molecule has 0 saturated carbocycles. The average molecular weight is 271 g/mol. The lowest BCUT2D eigenvalue weighted by atomic mass is 10.1. The zero-order valence-electron chi connectivity index (χ0n) is 11.7. The maximum atomic E-state index is 13.1. The number of hydrogen-bond donors (Lipinski definition) is 1. The van der Waals surface area contributed by atoms with Gasteiger partial charge in [-0.2, -0.15) is 0 Å². The van der Waals surface area contributed by atoms with Gasteiger partial charge in [0.15, 0.2) is 0 Å². The van der Waals surface area contributed by atoms with E-state index in [0.717, 1.165) is 38.5 Å². The Kier molecular flexibility index (Phi) is 6.95. The molecule has 1 aromatic rings.